The minimum atomic E-state index is -0.153. The summed E-state index contributed by atoms with van der Waals surface area (Å²) in [7, 11) is 0. The molecule has 2 rings (SSSR count). The van der Waals surface area contributed by atoms with Gasteiger partial charge in [0.25, 0.3) is 5.91 Å². The molecule has 5 heteroatoms. The molecule has 1 aliphatic rings. The van der Waals surface area contributed by atoms with Crippen molar-refractivity contribution in [2.75, 3.05) is 6.61 Å². The number of carbonyl (C=O) groups excluding carboxylic acids is 1. The molecule has 1 fully saturated rings. The van der Waals surface area contributed by atoms with Crippen molar-refractivity contribution in [3.63, 3.8) is 0 Å². The average molecular weight is 216 g/mol. The molecule has 0 saturated carbocycles. The molecule has 68 valence electrons. The Morgan fingerprint density at radius 3 is 3.00 bits per heavy atom. The van der Waals surface area contributed by atoms with Gasteiger partial charge in [0.05, 0.1) is 9.21 Å². The van der Waals surface area contributed by atoms with Crippen molar-refractivity contribution < 1.29 is 9.53 Å². The van der Waals surface area contributed by atoms with Crippen molar-refractivity contribution in [2.45, 2.75) is 0 Å². The van der Waals surface area contributed by atoms with Crippen LogP contribution in [0.1, 0.15) is 9.67 Å². The highest BCUT2D eigenvalue weighted by molar-refractivity contribution is 7.18. The second kappa shape index (κ2) is 3.40. The van der Waals surface area contributed by atoms with E-state index < -0.39 is 0 Å². The zero-order chi connectivity index (χ0) is 9.26. The van der Waals surface area contributed by atoms with E-state index in [0.717, 1.165) is 5.76 Å². The number of rotatable bonds is 2. The van der Waals surface area contributed by atoms with Crippen molar-refractivity contribution in [3.05, 3.63) is 33.3 Å². The van der Waals surface area contributed by atoms with Crippen molar-refractivity contribution in [1.82, 2.24) is 5.32 Å². The predicted octanol–water partition coefficient (Wildman–Crippen LogP) is 2.00. The minimum absolute atomic E-state index is 0.153. The van der Waals surface area contributed by atoms with Gasteiger partial charge in [0.15, 0.2) is 5.76 Å². The summed E-state index contributed by atoms with van der Waals surface area (Å²) in [5, 5.41) is 2.60. The van der Waals surface area contributed by atoms with E-state index in [1.165, 1.54) is 11.3 Å². The van der Waals surface area contributed by atoms with Gasteiger partial charge in [-0.25, -0.2) is 0 Å². The third kappa shape index (κ3) is 2.23. The Bertz CT molecular complexity index is 366. The number of ether oxygens (including phenoxy) is 1. The quantitative estimate of drug-likeness (QED) is 0.767. The lowest BCUT2D eigenvalue weighted by molar-refractivity contribution is 0.0973. The first-order valence-corrected chi connectivity index (χ1v) is 4.83. The fraction of sp³-hybridized carbons (Fsp3) is 0.125. The molecule has 0 aliphatic carbocycles. The number of epoxide rings is 1. The maximum Gasteiger partial charge on any atom is 0.265 e. The molecule has 0 aromatic carbocycles. The van der Waals surface area contributed by atoms with Crippen LogP contribution in [-0.2, 0) is 4.74 Å². The topological polar surface area (TPSA) is 41.6 Å². The van der Waals surface area contributed by atoms with Crippen LogP contribution < -0.4 is 5.32 Å². The molecule has 0 unspecified atom stereocenters. The van der Waals surface area contributed by atoms with Crippen molar-refractivity contribution in [1.29, 1.82) is 0 Å². The summed E-state index contributed by atoms with van der Waals surface area (Å²) in [6.07, 6.45) is 1.57. The zero-order valence-electron chi connectivity index (χ0n) is 6.54. The number of hydrogen-bond acceptors (Lipinski definition) is 3. The summed E-state index contributed by atoms with van der Waals surface area (Å²) in [4.78, 5) is 11.9. The molecule has 0 spiro atoms. The van der Waals surface area contributed by atoms with E-state index in [2.05, 4.69) is 5.32 Å². The van der Waals surface area contributed by atoms with Crippen LogP contribution >= 0.6 is 22.9 Å². The van der Waals surface area contributed by atoms with Crippen LogP contribution in [0.3, 0.4) is 0 Å². The number of hydrogen-bond donors (Lipinski definition) is 1. The van der Waals surface area contributed by atoms with Crippen LogP contribution in [0.25, 0.3) is 0 Å². The lowest BCUT2D eigenvalue weighted by Crippen LogP contribution is -2.15. The largest absolute Gasteiger partial charge is 0.485 e. The van der Waals surface area contributed by atoms with E-state index in [1.54, 1.807) is 18.3 Å². The highest BCUT2D eigenvalue weighted by Gasteiger charge is 2.13. The number of carbonyl (C=O) groups is 1. The minimum Gasteiger partial charge on any atom is -0.485 e. The molecule has 1 aliphatic heterocycles. The van der Waals surface area contributed by atoms with Crippen molar-refractivity contribution >= 4 is 28.8 Å². The van der Waals surface area contributed by atoms with Gasteiger partial charge in [0.1, 0.15) is 6.61 Å². The lowest BCUT2D eigenvalue weighted by atomic mass is 10.4. The Morgan fingerprint density at radius 1 is 1.69 bits per heavy atom. The molecule has 13 heavy (non-hydrogen) atoms. The normalized spacial score (nSPS) is 16.8. The van der Waals surface area contributed by atoms with Gasteiger partial charge in [0, 0.05) is 6.20 Å². The summed E-state index contributed by atoms with van der Waals surface area (Å²) in [5.41, 5.74) is 0. The van der Waals surface area contributed by atoms with E-state index in [9.17, 15) is 4.79 Å². The third-order valence-electron chi connectivity index (χ3n) is 1.47. The van der Waals surface area contributed by atoms with E-state index >= 15 is 0 Å². The molecule has 0 atom stereocenters. The smallest absolute Gasteiger partial charge is 0.265 e. The molecule has 1 amide bonds. The molecular weight excluding hydrogens is 210 g/mol. The van der Waals surface area contributed by atoms with E-state index in [1.807, 2.05) is 0 Å². The second-order valence-corrected chi connectivity index (χ2v) is 4.19. The molecule has 1 N–H and O–H groups in total. The first-order chi connectivity index (χ1) is 6.25. The van der Waals surface area contributed by atoms with Gasteiger partial charge in [0.2, 0.25) is 0 Å². The molecular formula is C8H6ClNO2S. The fourth-order valence-electron chi connectivity index (χ4n) is 0.778. The van der Waals surface area contributed by atoms with Gasteiger partial charge in [-0.1, -0.05) is 11.6 Å². The summed E-state index contributed by atoms with van der Waals surface area (Å²) < 4.78 is 5.44. The predicted molar refractivity (Wildman–Crippen MR) is 50.8 cm³/mol. The average Bonchev–Trinajstić information content (AvgIpc) is 2.84. The Labute approximate surface area is 84.0 Å². The van der Waals surface area contributed by atoms with E-state index in [0.29, 0.717) is 15.8 Å². The van der Waals surface area contributed by atoms with Crippen LogP contribution in [0.5, 0.6) is 0 Å². The Hall–Kier alpha value is -1.000. The Morgan fingerprint density at radius 2 is 2.46 bits per heavy atom. The van der Waals surface area contributed by atoms with Crippen molar-refractivity contribution in [2.24, 2.45) is 0 Å². The standard InChI is InChI=1S/C8H6ClNO2S/c9-7-2-1-6(13-7)8(11)10-3-5-4-12-5/h1-3H,4H2,(H,10,11)/b5-3-. The maximum atomic E-state index is 11.3. The van der Waals surface area contributed by atoms with Gasteiger partial charge >= 0.3 is 0 Å². The number of nitrogens with one attached hydrogen (secondary N) is 1. The highest BCUT2D eigenvalue weighted by atomic mass is 35.5. The molecule has 0 radical (unpaired) electrons. The van der Waals surface area contributed by atoms with Crippen LogP contribution in [0.4, 0.5) is 0 Å². The van der Waals surface area contributed by atoms with Gasteiger partial charge in [-0.05, 0) is 12.1 Å². The van der Waals surface area contributed by atoms with Gasteiger partial charge < -0.3 is 10.1 Å². The van der Waals surface area contributed by atoms with Crippen LogP contribution in [0.15, 0.2) is 24.1 Å². The fourth-order valence-corrected chi connectivity index (χ4v) is 1.72. The van der Waals surface area contributed by atoms with Crippen molar-refractivity contribution in [3.8, 4) is 0 Å². The van der Waals surface area contributed by atoms with Gasteiger partial charge in [-0.2, -0.15) is 0 Å². The lowest BCUT2D eigenvalue weighted by Gasteiger charge is -1.92. The van der Waals surface area contributed by atoms with E-state index in [4.69, 9.17) is 16.3 Å². The summed E-state index contributed by atoms with van der Waals surface area (Å²) in [6, 6.07) is 3.39. The number of thiophene rings is 1. The third-order valence-corrected chi connectivity index (χ3v) is 2.70. The molecule has 2 heterocycles. The summed E-state index contributed by atoms with van der Waals surface area (Å²) in [6.45, 7) is 0.617. The second-order valence-electron chi connectivity index (χ2n) is 2.48. The van der Waals surface area contributed by atoms with Crippen LogP contribution in [0.2, 0.25) is 4.34 Å². The molecule has 0 bridgehead atoms. The molecule has 1 aromatic heterocycles. The SMILES string of the molecule is O=C(N/C=C1/CO1)c1ccc(Cl)s1. The summed E-state index contributed by atoms with van der Waals surface area (Å²) >= 11 is 6.93. The highest BCUT2D eigenvalue weighted by Crippen LogP contribution is 2.21. The molecule has 1 saturated heterocycles. The van der Waals surface area contributed by atoms with Gasteiger partial charge in [-0.3, -0.25) is 4.79 Å². The molecule has 1 aromatic rings. The zero-order valence-corrected chi connectivity index (χ0v) is 8.11. The number of amides is 1. The van der Waals surface area contributed by atoms with Crippen LogP contribution in [0, 0.1) is 0 Å². The van der Waals surface area contributed by atoms with E-state index in [-0.39, 0.29) is 5.91 Å². The Kier molecular flexibility index (Phi) is 2.24. The maximum absolute atomic E-state index is 11.3. The van der Waals surface area contributed by atoms with Gasteiger partial charge in [-0.15, -0.1) is 11.3 Å². The number of halogens is 1. The first kappa shape index (κ1) is 8.59. The van der Waals surface area contributed by atoms with Crippen LogP contribution in [-0.4, -0.2) is 12.5 Å². The first-order valence-electron chi connectivity index (χ1n) is 3.64. The molecule has 3 nitrogen and oxygen atoms in total. The monoisotopic (exact) mass is 215 g/mol. The summed E-state index contributed by atoms with van der Waals surface area (Å²) in [5.74, 6) is 0.649. The Balaban J connectivity index is 2.00.